The van der Waals surface area contributed by atoms with Crippen molar-refractivity contribution in [3.63, 3.8) is 0 Å². The molecule has 162 valence electrons. The molecule has 9 nitrogen and oxygen atoms in total. The fraction of sp³-hybridized carbons (Fsp3) is 0.409. The van der Waals surface area contributed by atoms with Crippen LogP contribution >= 0.6 is 0 Å². The molecular formula is C22H25N5O4. The lowest BCUT2D eigenvalue weighted by atomic mass is 10.1. The summed E-state index contributed by atoms with van der Waals surface area (Å²) in [6, 6.07) is 6.73. The van der Waals surface area contributed by atoms with Gasteiger partial charge in [0.2, 0.25) is 5.91 Å². The summed E-state index contributed by atoms with van der Waals surface area (Å²) in [6.07, 6.45) is 3.95. The summed E-state index contributed by atoms with van der Waals surface area (Å²) < 4.78 is 10.2. The van der Waals surface area contributed by atoms with E-state index in [-0.39, 0.29) is 12.3 Å². The van der Waals surface area contributed by atoms with Gasteiger partial charge in [-0.15, -0.1) is 0 Å². The highest BCUT2D eigenvalue weighted by molar-refractivity contribution is 6.01. The Bertz CT molecular complexity index is 1100. The van der Waals surface area contributed by atoms with E-state index in [4.69, 9.17) is 14.2 Å². The van der Waals surface area contributed by atoms with Crippen LogP contribution < -0.4 is 10.2 Å². The first kappa shape index (κ1) is 20.8. The van der Waals surface area contributed by atoms with Gasteiger partial charge >= 0.3 is 5.97 Å². The molecule has 0 atom stereocenters. The second-order valence-electron chi connectivity index (χ2n) is 7.54. The number of rotatable bonds is 6. The molecule has 1 aliphatic rings. The Balaban J connectivity index is 1.50. The maximum atomic E-state index is 12.5. The van der Waals surface area contributed by atoms with Crippen LogP contribution in [0.25, 0.3) is 11.1 Å². The van der Waals surface area contributed by atoms with Gasteiger partial charge in [-0.25, -0.2) is 9.78 Å². The molecule has 1 aliphatic heterocycles. The molecule has 0 bridgehead atoms. The van der Waals surface area contributed by atoms with E-state index in [0.29, 0.717) is 29.2 Å². The van der Waals surface area contributed by atoms with Crippen molar-refractivity contribution in [2.75, 3.05) is 30.4 Å². The molecule has 1 amide bonds. The first-order valence-electron chi connectivity index (χ1n) is 10.4. The number of piperidine rings is 1. The Morgan fingerprint density at radius 2 is 1.94 bits per heavy atom. The number of nitrogens with one attached hydrogen (secondary N) is 1. The van der Waals surface area contributed by atoms with Crippen molar-refractivity contribution >= 4 is 34.5 Å². The smallest absolute Gasteiger partial charge is 0.339 e. The van der Waals surface area contributed by atoms with E-state index < -0.39 is 5.97 Å². The van der Waals surface area contributed by atoms with Crippen LogP contribution in [-0.2, 0) is 16.0 Å². The predicted molar refractivity (Wildman–Crippen MR) is 115 cm³/mol. The monoisotopic (exact) mass is 423 g/mol. The summed E-state index contributed by atoms with van der Waals surface area (Å²) in [4.78, 5) is 35.9. The van der Waals surface area contributed by atoms with Gasteiger partial charge in [0.25, 0.3) is 5.71 Å². The van der Waals surface area contributed by atoms with Gasteiger partial charge in [-0.05, 0) is 38.3 Å². The zero-order chi connectivity index (χ0) is 21.8. The number of hydrogen-bond acceptors (Lipinski definition) is 8. The number of methoxy groups -OCH3 is 1. The van der Waals surface area contributed by atoms with Gasteiger partial charge in [0.05, 0.1) is 24.1 Å². The third kappa shape index (κ3) is 4.50. The summed E-state index contributed by atoms with van der Waals surface area (Å²) in [5.74, 6) is 0.611. The molecule has 9 heteroatoms. The van der Waals surface area contributed by atoms with E-state index in [2.05, 4.69) is 20.4 Å². The fourth-order valence-electron chi connectivity index (χ4n) is 3.78. The van der Waals surface area contributed by atoms with Crippen LogP contribution in [0.2, 0.25) is 0 Å². The van der Waals surface area contributed by atoms with Gasteiger partial charge in [-0.3, -0.25) is 4.79 Å². The summed E-state index contributed by atoms with van der Waals surface area (Å²) >= 11 is 0. The van der Waals surface area contributed by atoms with Crippen molar-refractivity contribution in [1.29, 1.82) is 0 Å². The Kier molecular flexibility index (Phi) is 6.11. The highest BCUT2D eigenvalue weighted by atomic mass is 16.5. The minimum atomic E-state index is -0.503. The number of aryl methyl sites for hydroxylation is 2. The van der Waals surface area contributed by atoms with E-state index >= 15 is 0 Å². The van der Waals surface area contributed by atoms with Gasteiger partial charge in [0.1, 0.15) is 17.0 Å². The topological polar surface area (TPSA) is 110 Å². The molecule has 31 heavy (non-hydrogen) atoms. The van der Waals surface area contributed by atoms with Gasteiger partial charge in [0.15, 0.2) is 0 Å². The zero-order valence-corrected chi connectivity index (χ0v) is 17.7. The number of ether oxygens (including phenoxy) is 1. The van der Waals surface area contributed by atoms with E-state index in [1.807, 2.05) is 6.92 Å². The number of fused-ring (bicyclic) bond motifs is 1. The highest BCUT2D eigenvalue weighted by Gasteiger charge is 2.22. The molecule has 0 unspecified atom stereocenters. The molecule has 3 heterocycles. The number of hydrogen-bond donors (Lipinski definition) is 1. The summed E-state index contributed by atoms with van der Waals surface area (Å²) in [7, 11) is 1.31. The molecule has 1 aromatic carbocycles. The molecule has 1 saturated heterocycles. The maximum absolute atomic E-state index is 12.5. The first-order valence-corrected chi connectivity index (χ1v) is 10.4. The van der Waals surface area contributed by atoms with Crippen molar-refractivity contribution in [3.05, 3.63) is 41.3 Å². The second kappa shape index (κ2) is 9.11. The minimum Gasteiger partial charge on any atom is -0.465 e. The van der Waals surface area contributed by atoms with Crippen LogP contribution in [0.15, 0.2) is 28.8 Å². The highest BCUT2D eigenvalue weighted by Crippen LogP contribution is 2.29. The van der Waals surface area contributed by atoms with Crippen LogP contribution in [0.5, 0.6) is 0 Å². The van der Waals surface area contributed by atoms with Crippen LogP contribution in [-0.4, -0.2) is 47.2 Å². The number of benzene rings is 1. The summed E-state index contributed by atoms with van der Waals surface area (Å²) in [5, 5.41) is 7.66. The third-order valence-corrected chi connectivity index (χ3v) is 5.37. The van der Waals surface area contributed by atoms with E-state index in [9.17, 15) is 9.59 Å². The van der Waals surface area contributed by atoms with Crippen molar-refractivity contribution in [3.8, 4) is 0 Å². The molecule has 0 spiro atoms. The minimum absolute atomic E-state index is 0.160. The molecular weight excluding hydrogens is 398 g/mol. The molecule has 0 radical (unpaired) electrons. The van der Waals surface area contributed by atoms with E-state index in [1.165, 1.54) is 13.5 Å². The quantitative estimate of drug-likeness (QED) is 0.602. The lowest BCUT2D eigenvalue weighted by Gasteiger charge is -2.28. The molecule has 4 rings (SSSR count). The van der Waals surface area contributed by atoms with Gasteiger partial charge in [-0.2, -0.15) is 4.98 Å². The van der Waals surface area contributed by atoms with Gasteiger partial charge < -0.3 is 19.5 Å². The Morgan fingerprint density at radius 1 is 1.16 bits per heavy atom. The lowest BCUT2D eigenvalue weighted by Crippen LogP contribution is -2.30. The van der Waals surface area contributed by atoms with E-state index in [0.717, 1.165) is 42.8 Å². The lowest BCUT2D eigenvalue weighted by molar-refractivity contribution is -0.116. The van der Waals surface area contributed by atoms with Crippen LogP contribution in [0.4, 0.5) is 11.5 Å². The van der Waals surface area contributed by atoms with Crippen LogP contribution in [0.1, 0.15) is 47.6 Å². The maximum Gasteiger partial charge on any atom is 0.339 e. The summed E-state index contributed by atoms with van der Waals surface area (Å²) in [6.45, 7) is 3.75. The van der Waals surface area contributed by atoms with Crippen molar-refractivity contribution in [2.45, 2.75) is 39.0 Å². The number of amides is 1. The first-order chi connectivity index (χ1) is 15.1. The third-order valence-electron chi connectivity index (χ3n) is 5.37. The number of carbonyl (C=O) groups excluding carboxylic acids is 2. The van der Waals surface area contributed by atoms with Crippen LogP contribution in [0.3, 0.4) is 0 Å². The van der Waals surface area contributed by atoms with Gasteiger partial charge in [-0.1, -0.05) is 17.3 Å². The number of nitrogens with zero attached hydrogens (tertiary/aromatic N) is 4. The standard InChI is InChI=1S/C22H25N5O4/c1-14-19-20(27-12-6-3-7-13-27)24-17(25-21(19)31-26-14)10-11-18(28)23-16-9-5-4-8-15(16)22(29)30-2/h4-5,8-9H,3,6-7,10-13H2,1-2H3,(H,23,28). The van der Waals surface area contributed by atoms with Crippen molar-refractivity contribution in [2.24, 2.45) is 0 Å². The molecule has 1 fully saturated rings. The van der Waals surface area contributed by atoms with Gasteiger partial charge in [0, 0.05) is 25.9 Å². The number of anilines is 2. The normalized spacial score (nSPS) is 13.9. The average molecular weight is 423 g/mol. The average Bonchev–Trinajstić information content (AvgIpc) is 3.18. The fourth-order valence-corrected chi connectivity index (χ4v) is 3.78. The Morgan fingerprint density at radius 3 is 2.71 bits per heavy atom. The second-order valence-corrected chi connectivity index (χ2v) is 7.54. The molecule has 0 saturated carbocycles. The predicted octanol–water partition coefficient (Wildman–Crippen LogP) is 3.27. The number of esters is 1. The van der Waals surface area contributed by atoms with Crippen molar-refractivity contribution in [1.82, 2.24) is 15.1 Å². The van der Waals surface area contributed by atoms with E-state index in [1.54, 1.807) is 24.3 Å². The SMILES string of the molecule is COC(=O)c1ccccc1NC(=O)CCc1nc(N2CCCCC2)c2c(C)noc2n1. The van der Waals surface area contributed by atoms with Crippen LogP contribution in [0, 0.1) is 6.92 Å². The zero-order valence-electron chi connectivity index (χ0n) is 17.7. The number of carbonyl (C=O) groups is 2. The van der Waals surface area contributed by atoms with Crippen molar-refractivity contribution < 1.29 is 18.8 Å². The number of aromatic nitrogens is 3. The largest absolute Gasteiger partial charge is 0.465 e. The molecule has 1 N–H and O–H groups in total. The Labute approximate surface area is 179 Å². The molecule has 0 aliphatic carbocycles. The Hall–Kier alpha value is -3.49. The number of para-hydroxylation sites is 1. The molecule has 2 aromatic heterocycles. The molecule has 3 aromatic rings. The summed E-state index contributed by atoms with van der Waals surface area (Å²) in [5.41, 5.74) is 1.93.